The number of benzene rings is 1. The number of aromatic nitrogens is 1. The van der Waals surface area contributed by atoms with Crippen LogP contribution in [0.2, 0.25) is 0 Å². The Hall–Kier alpha value is -3.11. The number of hydrogen-bond acceptors (Lipinski definition) is 7. The summed E-state index contributed by atoms with van der Waals surface area (Å²) in [6.45, 7) is 21.2. The second-order valence-corrected chi connectivity index (χ2v) is 11.8. The van der Waals surface area contributed by atoms with E-state index in [9.17, 15) is 10.1 Å². The standard InChI is InChI=1S/C27H38N4O.C6H12O2/c1-6-8-21(9-7-2)22-16-23(18-28)20(5)24(17-22)30-27-26(19(3)4)25(10-11-29-27)31-12-14-32-15-13-31;1-5(7)8-6(2,3)4/h10-11,16-17,19,21H,6-9,12-15H2,1-5H3,(H,29,30);1-4H3. The number of esters is 1. The fraction of sp³-hybridized carbons (Fsp3) is 0.606. The second-order valence-electron chi connectivity index (χ2n) is 11.8. The number of pyridine rings is 1. The van der Waals surface area contributed by atoms with Crippen LogP contribution in [0, 0.1) is 18.3 Å². The first-order valence-corrected chi connectivity index (χ1v) is 14.7. The van der Waals surface area contributed by atoms with Gasteiger partial charge in [0.2, 0.25) is 0 Å². The summed E-state index contributed by atoms with van der Waals surface area (Å²) < 4.78 is 10.4. The summed E-state index contributed by atoms with van der Waals surface area (Å²) in [5.41, 5.74) is 6.10. The highest BCUT2D eigenvalue weighted by atomic mass is 16.6. The smallest absolute Gasteiger partial charge is 0.303 e. The molecule has 2 aromatic rings. The van der Waals surface area contributed by atoms with E-state index in [1.807, 2.05) is 33.9 Å². The molecule has 0 bridgehead atoms. The number of nitriles is 1. The molecule has 1 aromatic heterocycles. The third kappa shape index (κ3) is 9.82. The predicted molar refractivity (Wildman–Crippen MR) is 165 cm³/mol. The SMILES string of the molecule is CC(=O)OC(C)(C)C.CCCC(CCC)c1cc(C#N)c(C)c(Nc2nccc(N3CCOCC3)c2C(C)C)c1. The van der Waals surface area contributed by atoms with Crippen molar-refractivity contribution in [3.05, 3.63) is 46.6 Å². The third-order valence-electron chi connectivity index (χ3n) is 6.90. The van der Waals surface area contributed by atoms with Crippen LogP contribution in [-0.2, 0) is 14.3 Å². The van der Waals surface area contributed by atoms with Crippen molar-refractivity contribution in [1.82, 2.24) is 4.98 Å². The highest BCUT2D eigenvalue weighted by Crippen LogP contribution is 2.37. The van der Waals surface area contributed by atoms with E-state index in [2.05, 4.69) is 62.2 Å². The van der Waals surface area contributed by atoms with Gasteiger partial charge in [-0.1, -0.05) is 40.5 Å². The molecule has 0 unspecified atom stereocenters. The molecular formula is C33H50N4O3. The van der Waals surface area contributed by atoms with Crippen molar-refractivity contribution >= 4 is 23.2 Å². The number of carbonyl (C=O) groups is 1. The van der Waals surface area contributed by atoms with E-state index in [0.29, 0.717) is 11.8 Å². The van der Waals surface area contributed by atoms with E-state index < -0.39 is 0 Å². The Balaban J connectivity index is 0.000000611. The molecule has 220 valence electrons. The van der Waals surface area contributed by atoms with Gasteiger partial charge in [0.25, 0.3) is 0 Å². The van der Waals surface area contributed by atoms with Gasteiger partial charge >= 0.3 is 5.97 Å². The monoisotopic (exact) mass is 550 g/mol. The predicted octanol–water partition coefficient (Wildman–Crippen LogP) is 8.00. The molecule has 1 fully saturated rings. The molecule has 1 aromatic carbocycles. The first-order chi connectivity index (χ1) is 18.9. The maximum atomic E-state index is 10.2. The van der Waals surface area contributed by atoms with Gasteiger partial charge in [-0.2, -0.15) is 5.26 Å². The van der Waals surface area contributed by atoms with E-state index in [1.54, 1.807) is 0 Å². The van der Waals surface area contributed by atoms with E-state index in [-0.39, 0.29) is 11.6 Å². The summed E-state index contributed by atoms with van der Waals surface area (Å²) in [4.78, 5) is 17.4. The van der Waals surface area contributed by atoms with Crippen LogP contribution in [-0.4, -0.2) is 42.9 Å². The Morgan fingerprint density at radius 1 is 1.18 bits per heavy atom. The molecule has 40 heavy (non-hydrogen) atoms. The van der Waals surface area contributed by atoms with Crippen molar-refractivity contribution in [2.45, 2.75) is 105 Å². The number of nitrogens with one attached hydrogen (secondary N) is 1. The van der Waals surface area contributed by atoms with Crippen LogP contribution in [0.1, 0.15) is 115 Å². The Morgan fingerprint density at radius 2 is 1.80 bits per heavy atom. The first-order valence-electron chi connectivity index (χ1n) is 14.7. The van der Waals surface area contributed by atoms with Gasteiger partial charge < -0.3 is 19.7 Å². The molecule has 1 saturated heterocycles. The molecule has 7 heteroatoms. The average Bonchev–Trinajstić information content (AvgIpc) is 2.89. The molecule has 0 amide bonds. The Labute approximate surface area is 242 Å². The number of ether oxygens (including phenoxy) is 2. The number of nitrogens with zero attached hydrogens (tertiary/aromatic N) is 3. The van der Waals surface area contributed by atoms with Crippen molar-refractivity contribution in [2.24, 2.45) is 0 Å². The van der Waals surface area contributed by atoms with Gasteiger partial charge in [0.1, 0.15) is 11.4 Å². The van der Waals surface area contributed by atoms with Gasteiger partial charge in [0.05, 0.1) is 24.8 Å². The highest BCUT2D eigenvalue weighted by Gasteiger charge is 2.22. The number of rotatable bonds is 9. The average molecular weight is 551 g/mol. The third-order valence-corrected chi connectivity index (χ3v) is 6.90. The summed E-state index contributed by atoms with van der Waals surface area (Å²) in [6, 6.07) is 8.88. The van der Waals surface area contributed by atoms with E-state index in [0.717, 1.165) is 74.6 Å². The van der Waals surface area contributed by atoms with E-state index >= 15 is 0 Å². The lowest BCUT2D eigenvalue weighted by Gasteiger charge is -2.32. The second kappa shape index (κ2) is 15.6. The lowest BCUT2D eigenvalue weighted by molar-refractivity contribution is -0.151. The topological polar surface area (TPSA) is 87.5 Å². The lowest BCUT2D eigenvalue weighted by Crippen LogP contribution is -2.37. The molecule has 0 atom stereocenters. The fourth-order valence-corrected chi connectivity index (χ4v) is 5.16. The molecule has 7 nitrogen and oxygen atoms in total. The molecule has 2 heterocycles. The summed E-state index contributed by atoms with van der Waals surface area (Å²) in [5.74, 6) is 1.46. The molecule has 0 aliphatic carbocycles. The first kappa shape index (κ1) is 33.1. The molecule has 0 radical (unpaired) electrons. The van der Waals surface area contributed by atoms with Gasteiger partial charge in [-0.3, -0.25) is 4.79 Å². The van der Waals surface area contributed by atoms with Crippen LogP contribution in [0.3, 0.4) is 0 Å². The van der Waals surface area contributed by atoms with Crippen molar-refractivity contribution in [3.8, 4) is 6.07 Å². The Bertz CT molecular complexity index is 1140. The van der Waals surface area contributed by atoms with Gasteiger partial charge in [-0.15, -0.1) is 0 Å². The van der Waals surface area contributed by atoms with Crippen LogP contribution in [0.25, 0.3) is 0 Å². The molecule has 1 aliphatic heterocycles. The van der Waals surface area contributed by atoms with E-state index in [1.165, 1.54) is 23.7 Å². The maximum Gasteiger partial charge on any atom is 0.303 e. The van der Waals surface area contributed by atoms with Crippen LogP contribution in [0.5, 0.6) is 0 Å². The number of morpholine rings is 1. The van der Waals surface area contributed by atoms with Crippen molar-refractivity contribution in [1.29, 1.82) is 5.26 Å². The minimum atomic E-state index is -0.328. The Kier molecular flexibility index (Phi) is 12.9. The summed E-state index contributed by atoms with van der Waals surface area (Å²) >= 11 is 0. The van der Waals surface area contributed by atoms with Gasteiger partial charge in [0, 0.05) is 43.1 Å². The summed E-state index contributed by atoms with van der Waals surface area (Å²) in [7, 11) is 0. The maximum absolute atomic E-state index is 10.2. The van der Waals surface area contributed by atoms with E-state index in [4.69, 9.17) is 14.5 Å². The molecule has 1 N–H and O–H groups in total. The molecule has 1 aliphatic rings. The number of anilines is 3. The molecule has 0 saturated carbocycles. The number of hydrogen-bond donors (Lipinski definition) is 1. The molecule has 3 rings (SSSR count). The van der Waals surface area contributed by atoms with Gasteiger partial charge in [-0.25, -0.2) is 4.98 Å². The van der Waals surface area contributed by atoms with Crippen LogP contribution >= 0.6 is 0 Å². The zero-order valence-corrected chi connectivity index (χ0v) is 26.2. The normalized spacial score (nSPS) is 13.5. The van der Waals surface area contributed by atoms with Crippen LogP contribution < -0.4 is 10.2 Å². The minimum absolute atomic E-state index is 0.225. The minimum Gasteiger partial charge on any atom is -0.460 e. The lowest BCUT2D eigenvalue weighted by atomic mass is 9.88. The fourth-order valence-electron chi connectivity index (χ4n) is 5.16. The highest BCUT2D eigenvalue weighted by molar-refractivity contribution is 5.72. The summed E-state index contributed by atoms with van der Waals surface area (Å²) in [5, 5.41) is 13.5. The quantitative estimate of drug-likeness (QED) is 0.316. The van der Waals surface area contributed by atoms with Crippen molar-refractivity contribution in [3.63, 3.8) is 0 Å². The Morgan fingerprint density at radius 3 is 2.27 bits per heavy atom. The number of carbonyl (C=O) groups excluding carboxylic acids is 1. The van der Waals surface area contributed by atoms with Gasteiger partial charge in [-0.05, 0) is 81.7 Å². The van der Waals surface area contributed by atoms with Crippen molar-refractivity contribution < 1.29 is 14.3 Å². The molecular weight excluding hydrogens is 500 g/mol. The van der Waals surface area contributed by atoms with Crippen LogP contribution in [0.15, 0.2) is 24.4 Å². The summed E-state index contributed by atoms with van der Waals surface area (Å²) in [6.07, 6.45) is 6.46. The molecule has 0 spiro atoms. The zero-order chi connectivity index (χ0) is 29.9. The van der Waals surface area contributed by atoms with Crippen LogP contribution in [0.4, 0.5) is 17.2 Å². The largest absolute Gasteiger partial charge is 0.460 e. The zero-order valence-electron chi connectivity index (χ0n) is 26.2. The van der Waals surface area contributed by atoms with Gasteiger partial charge in [0.15, 0.2) is 0 Å². The van der Waals surface area contributed by atoms with Crippen molar-refractivity contribution in [2.75, 3.05) is 36.5 Å².